The largest absolute Gasteiger partial charge is 0.211 e. The Bertz CT molecular complexity index is 1020. The number of halogens is 2. The van der Waals surface area contributed by atoms with E-state index in [0.717, 1.165) is 18.9 Å². The van der Waals surface area contributed by atoms with Crippen molar-refractivity contribution < 1.29 is 8.78 Å². The number of nitrogens with zero attached hydrogens (tertiary/aromatic N) is 1. The van der Waals surface area contributed by atoms with Crippen molar-refractivity contribution in [3.8, 4) is 11.8 Å². The zero-order valence-electron chi connectivity index (χ0n) is 15.5. The van der Waals surface area contributed by atoms with Gasteiger partial charge >= 0.3 is 0 Å². The highest BCUT2D eigenvalue weighted by molar-refractivity contribution is 7.78. The van der Waals surface area contributed by atoms with Crippen LogP contribution in [0.2, 0.25) is 0 Å². The molecule has 1 aliphatic rings. The third-order valence-electron chi connectivity index (χ3n) is 4.60. The second-order valence-electron chi connectivity index (χ2n) is 6.61. The third kappa shape index (κ3) is 4.34. The lowest BCUT2D eigenvalue weighted by molar-refractivity contribution is 0.434. The van der Waals surface area contributed by atoms with Crippen molar-refractivity contribution in [1.29, 1.82) is 0 Å². The van der Waals surface area contributed by atoms with Gasteiger partial charge in [-0.05, 0) is 48.0 Å². The maximum atomic E-state index is 15.0. The first-order chi connectivity index (χ1) is 13.6. The van der Waals surface area contributed by atoms with E-state index >= 15 is 4.39 Å². The molecule has 0 amide bonds. The highest BCUT2D eigenvalue weighted by Crippen LogP contribution is 2.40. The van der Waals surface area contributed by atoms with Gasteiger partial charge in [0.05, 0.1) is 5.16 Å². The van der Waals surface area contributed by atoms with Gasteiger partial charge in [-0.2, -0.15) is 0 Å². The van der Waals surface area contributed by atoms with Crippen molar-refractivity contribution in [1.82, 2.24) is 0 Å². The van der Waals surface area contributed by atoms with Crippen molar-refractivity contribution >= 4 is 23.0 Å². The summed E-state index contributed by atoms with van der Waals surface area (Å²) in [6.07, 6.45) is 2.89. The lowest BCUT2D eigenvalue weighted by atomic mass is 9.85. The smallest absolute Gasteiger partial charge is 0.188 e. The van der Waals surface area contributed by atoms with E-state index in [1.165, 1.54) is 5.56 Å². The number of rotatable bonds is 4. The van der Waals surface area contributed by atoms with Gasteiger partial charge in [-0.1, -0.05) is 67.6 Å². The molecule has 2 aromatic rings. The molecule has 4 heteroatoms. The Morgan fingerprint density at radius 3 is 2.43 bits per heavy atom. The van der Waals surface area contributed by atoms with E-state index in [9.17, 15) is 4.39 Å². The molecule has 1 unspecified atom stereocenters. The molecule has 0 aliphatic heterocycles. The SMILES string of the molecule is CCCc1ccc(C#CC2(N=C=S)CC(F)=C(c3ccccc3)C=C2F)cc1. The molecule has 0 bridgehead atoms. The first kappa shape index (κ1) is 19.9. The van der Waals surface area contributed by atoms with Crippen molar-refractivity contribution in [2.45, 2.75) is 31.7 Å². The van der Waals surface area contributed by atoms with E-state index in [1.54, 1.807) is 24.3 Å². The predicted molar refractivity (Wildman–Crippen MR) is 113 cm³/mol. The number of benzene rings is 2. The predicted octanol–water partition coefficient (Wildman–Crippen LogP) is 6.47. The fraction of sp³-hybridized carbons (Fsp3) is 0.208. The molecule has 0 saturated carbocycles. The summed E-state index contributed by atoms with van der Waals surface area (Å²) in [4.78, 5) is 3.91. The van der Waals surface area contributed by atoms with Crippen LogP contribution in [-0.4, -0.2) is 10.7 Å². The van der Waals surface area contributed by atoms with Crippen LogP contribution in [0.4, 0.5) is 8.78 Å². The lowest BCUT2D eigenvalue weighted by Crippen LogP contribution is -2.28. The molecule has 0 heterocycles. The molecule has 1 aliphatic carbocycles. The van der Waals surface area contributed by atoms with Crippen molar-refractivity contribution in [3.63, 3.8) is 0 Å². The number of allylic oxidation sites excluding steroid dienone is 2. The molecule has 1 nitrogen and oxygen atoms in total. The minimum absolute atomic E-state index is 0.207. The van der Waals surface area contributed by atoms with Gasteiger partial charge in [0.2, 0.25) is 0 Å². The summed E-state index contributed by atoms with van der Waals surface area (Å²) < 4.78 is 29.9. The Balaban J connectivity index is 1.95. The zero-order valence-corrected chi connectivity index (χ0v) is 16.3. The third-order valence-corrected chi connectivity index (χ3v) is 4.69. The lowest BCUT2D eigenvalue weighted by Gasteiger charge is -2.25. The highest BCUT2D eigenvalue weighted by atomic mass is 32.1. The first-order valence-electron chi connectivity index (χ1n) is 9.11. The zero-order chi connectivity index (χ0) is 20.0. The molecular formula is C24H19F2NS. The molecule has 3 rings (SSSR count). The number of hydrogen-bond acceptors (Lipinski definition) is 2. The number of hydrogen-bond donors (Lipinski definition) is 0. The second kappa shape index (κ2) is 8.89. The maximum Gasteiger partial charge on any atom is 0.188 e. The van der Waals surface area contributed by atoms with Crippen LogP contribution in [-0.2, 0) is 6.42 Å². The van der Waals surface area contributed by atoms with Gasteiger partial charge in [-0.3, -0.25) is 0 Å². The quantitative estimate of drug-likeness (QED) is 0.330. The average Bonchev–Trinajstić information content (AvgIpc) is 2.71. The van der Waals surface area contributed by atoms with E-state index in [1.807, 2.05) is 30.3 Å². The van der Waals surface area contributed by atoms with Crippen LogP contribution in [0.5, 0.6) is 0 Å². The first-order valence-corrected chi connectivity index (χ1v) is 9.51. The molecular weight excluding hydrogens is 372 g/mol. The van der Waals surface area contributed by atoms with Gasteiger partial charge in [-0.15, -0.1) is 0 Å². The maximum absolute atomic E-state index is 15.0. The summed E-state index contributed by atoms with van der Waals surface area (Å²) in [5.41, 5.74) is 1.06. The molecule has 1 atom stereocenters. The number of isothiocyanates is 1. The van der Waals surface area contributed by atoms with Gasteiger partial charge in [-0.25, -0.2) is 13.8 Å². The van der Waals surface area contributed by atoms with Crippen molar-refractivity contribution in [2.24, 2.45) is 4.99 Å². The Kier molecular flexibility index (Phi) is 6.31. The summed E-state index contributed by atoms with van der Waals surface area (Å²) >= 11 is 4.68. The minimum atomic E-state index is -1.67. The van der Waals surface area contributed by atoms with E-state index in [2.05, 4.69) is 41.1 Å². The summed E-state index contributed by atoms with van der Waals surface area (Å²) in [6.45, 7) is 2.12. The highest BCUT2D eigenvalue weighted by Gasteiger charge is 2.39. The molecule has 0 spiro atoms. The minimum Gasteiger partial charge on any atom is -0.211 e. The normalized spacial score (nSPS) is 18.6. The fourth-order valence-electron chi connectivity index (χ4n) is 3.11. The number of aliphatic imine (C=N–C) groups is 1. The standard InChI is InChI=1S/C24H19F2NS/c1-2-6-18-9-11-19(12-10-18)13-14-24(27-17-28)16-22(25)21(15-23(24)26)20-7-4-3-5-8-20/h3-5,7-12,15H,2,6,16H2,1H3. The molecule has 0 aromatic heterocycles. The van der Waals surface area contributed by atoms with Gasteiger partial charge < -0.3 is 0 Å². The average molecular weight is 391 g/mol. The van der Waals surface area contributed by atoms with Gasteiger partial charge in [0, 0.05) is 17.6 Å². The monoisotopic (exact) mass is 391 g/mol. The van der Waals surface area contributed by atoms with Crippen LogP contribution in [0.25, 0.3) is 5.57 Å². The summed E-state index contributed by atoms with van der Waals surface area (Å²) in [7, 11) is 0. The van der Waals surface area contributed by atoms with Gasteiger partial charge in [0.15, 0.2) is 5.54 Å². The van der Waals surface area contributed by atoms with E-state index < -0.39 is 17.2 Å². The topological polar surface area (TPSA) is 12.4 Å². The van der Waals surface area contributed by atoms with Crippen LogP contribution in [0.3, 0.4) is 0 Å². The number of aryl methyl sites for hydroxylation is 1. The van der Waals surface area contributed by atoms with Crippen molar-refractivity contribution in [2.75, 3.05) is 0 Å². The van der Waals surface area contributed by atoms with Crippen LogP contribution in [0, 0.1) is 11.8 Å². The summed E-state index contributed by atoms with van der Waals surface area (Å²) in [6, 6.07) is 16.6. The molecule has 0 fully saturated rings. The van der Waals surface area contributed by atoms with Crippen LogP contribution >= 0.6 is 12.2 Å². The molecule has 28 heavy (non-hydrogen) atoms. The van der Waals surface area contributed by atoms with Crippen LogP contribution in [0.1, 0.15) is 36.5 Å². The van der Waals surface area contributed by atoms with Crippen LogP contribution < -0.4 is 0 Å². The van der Waals surface area contributed by atoms with E-state index in [-0.39, 0.29) is 12.0 Å². The molecule has 0 saturated heterocycles. The Morgan fingerprint density at radius 1 is 1.07 bits per heavy atom. The molecule has 0 N–H and O–H groups in total. The molecule has 2 aromatic carbocycles. The Labute approximate surface area is 169 Å². The Morgan fingerprint density at radius 2 is 1.79 bits per heavy atom. The Hall–Kier alpha value is -2.86. The van der Waals surface area contributed by atoms with Gasteiger partial charge in [0.25, 0.3) is 0 Å². The van der Waals surface area contributed by atoms with E-state index in [4.69, 9.17) is 0 Å². The molecule has 0 radical (unpaired) electrons. The summed E-state index contributed by atoms with van der Waals surface area (Å²) in [5, 5.41) is 2.18. The fourth-order valence-corrected chi connectivity index (χ4v) is 3.26. The number of thiocarbonyl (C=S) groups is 1. The molecule has 140 valence electrons. The summed E-state index contributed by atoms with van der Waals surface area (Å²) in [5.74, 6) is 4.59. The van der Waals surface area contributed by atoms with Crippen molar-refractivity contribution in [3.05, 3.63) is 89.0 Å². The van der Waals surface area contributed by atoms with E-state index in [0.29, 0.717) is 11.1 Å². The van der Waals surface area contributed by atoms with Crippen LogP contribution in [0.15, 0.2) is 77.3 Å². The van der Waals surface area contributed by atoms with Gasteiger partial charge in [0.1, 0.15) is 11.7 Å². The second-order valence-corrected chi connectivity index (χ2v) is 6.80.